The van der Waals surface area contributed by atoms with Crippen LogP contribution in [0.15, 0.2) is 40.9 Å². The van der Waals surface area contributed by atoms with Crippen molar-refractivity contribution < 1.29 is 22.8 Å². The molecule has 2 aliphatic heterocycles. The molecule has 4 heterocycles. The minimum absolute atomic E-state index is 0.119. The predicted molar refractivity (Wildman–Crippen MR) is 108 cm³/mol. The van der Waals surface area contributed by atoms with Gasteiger partial charge in [0.05, 0.1) is 24.6 Å². The van der Waals surface area contributed by atoms with Crippen LogP contribution in [0.3, 0.4) is 0 Å². The van der Waals surface area contributed by atoms with Gasteiger partial charge < -0.3 is 10.6 Å². The molecule has 157 valence electrons. The van der Waals surface area contributed by atoms with E-state index in [2.05, 4.69) is 4.98 Å². The Labute approximate surface area is 177 Å². The van der Waals surface area contributed by atoms with Crippen molar-refractivity contribution in [3.8, 4) is 0 Å². The van der Waals surface area contributed by atoms with E-state index in [9.17, 15) is 22.8 Å². The molecule has 11 heteroatoms. The Kier molecular flexibility index (Phi) is 5.43. The Hall–Kier alpha value is -2.63. The van der Waals surface area contributed by atoms with E-state index in [-0.39, 0.29) is 36.2 Å². The van der Waals surface area contributed by atoms with Crippen LogP contribution < -0.4 is 5.73 Å². The molecule has 2 atom stereocenters. The highest BCUT2D eigenvalue weighted by molar-refractivity contribution is 7.89. The van der Waals surface area contributed by atoms with Crippen LogP contribution in [0.2, 0.25) is 0 Å². The lowest BCUT2D eigenvalue weighted by atomic mass is 10.1. The summed E-state index contributed by atoms with van der Waals surface area (Å²) in [5.41, 5.74) is 5.69. The number of hydrogen-bond acceptors (Lipinski definition) is 7. The number of carbonyl (C=O) groups is 3. The van der Waals surface area contributed by atoms with Gasteiger partial charge in [-0.3, -0.25) is 14.4 Å². The zero-order chi connectivity index (χ0) is 21.5. The first-order valence-electron chi connectivity index (χ1n) is 9.26. The Balaban J connectivity index is 1.48. The number of hydrogen-bond donors (Lipinski definition) is 1. The van der Waals surface area contributed by atoms with Gasteiger partial charge in [-0.2, -0.15) is 4.31 Å². The number of thiophene rings is 1. The monoisotopic (exact) mass is 447 g/mol. The van der Waals surface area contributed by atoms with Gasteiger partial charge in [0.25, 0.3) is 10.0 Å². The molecule has 30 heavy (non-hydrogen) atoms. The molecule has 2 aromatic rings. The van der Waals surface area contributed by atoms with E-state index in [0.29, 0.717) is 16.9 Å². The maximum absolute atomic E-state index is 12.9. The van der Waals surface area contributed by atoms with Gasteiger partial charge in [-0.05, 0) is 36.4 Å². The fourth-order valence-corrected chi connectivity index (χ4v) is 6.38. The highest BCUT2D eigenvalue weighted by Gasteiger charge is 2.53. The first-order chi connectivity index (χ1) is 14.3. The summed E-state index contributed by atoms with van der Waals surface area (Å²) in [6, 6.07) is 4.75. The molecule has 2 amide bonds. The van der Waals surface area contributed by atoms with E-state index in [1.807, 2.05) is 0 Å². The molecular formula is C19H19N4O5S2. The van der Waals surface area contributed by atoms with Crippen LogP contribution in [-0.4, -0.2) is 65.4 Å². The molecule has 0 bridgehead atoms. The van der Waals surface area contributed by atoms with Crippen molar-refractivity contribution in [3.05, 3.63) is 52.7 Å². The molecule has 0 spiro atoms. The van der Waals surface area contributed by atoms with Crippen molar-refractivity contribution >= 4 is 39.0 Å². The second kappa shape index (κ2) is 7.89. The number of nitrogens with two attached hydrogens (primary N) is 1. The normalized spacial score (nSPS) is 21.7. The minimum atomic E-state index is -3.93. The quantitative estimate of drug-likeness (QED) is 0.675. The van der Waals surface area contributed by atoms with Crippen LogP contribution in [0, 0.1) is 6.42 Å². The summed E-state index contributed by atoms with van der Waals surface area (Å²) in [7, 11) is -3.93. The van der Waals surface area contributed by atoms with E-state index in [1.165, 1.54) is 34.9 Å². The van der Waals surface area contributed by atoms with Gasteiger partial charge in [0.2, 0.25) is 11.8 Å². The van der Waals surface area contributed by atoms with Crippen molar-refractivity contribution in [2.24, 2.45) is 5.73 Å². The number of rotatable bonds is 6. The van der Waals surface area contributed by atoms with Gasteiger partial charge in [0, 0.05) is 17.6 Å². The average molecular weight is 448 g/mol. The highest BCUT2D eigenvalue weighted by Crippen LogP contribution is 2.34. The molecule has 2 aromatic heterocycles. The van der Waals surface area contributed by atoms with E-state index >= 15 is 0 Å². The second-order valence-corrected chi connectivity index (χ2v) is 9.89. The first-order valence-corrected chi connectivity index (χ1v) is 11.6. The molecule has 2 fully saturated rings. The molecule has 2 N–H and O–H groups in total. The van der Waals surface area contributed by atoms with Crippen LogP contribution in [0.25, 0.3) is 0 Å². The van der Waals surface area contributed by atoms with E-state index < -0.39 is 28.0 Å². The summed E-state index contributed by atoms with van der Waals surface area (Å²) in [5.74, 6) is -1.24. The van der Waals surface area contributed by atoms with E-state index in [0.717, 1.165) is 4.31 Å². The third kappa shape index (κ3) is 3.53. The minimum Gasteiger partial charge on any atom is -0.366 e. The van der Waals surface area contributed by atoms with Gasteiger partial charge in [-0.1, -0.05) is 6.07 Å². The number of pyridine rings is 1. The van der Waals surface area contributed by atoms with Gasteiger partial charge in [-0.25, -0.2) is 13.4 Å². The Morgan fingerprint density at radius 3 is 2.80 bits per heavy atom. The Bertz CT molecular complexity index is 1100. The molecule has 0 aromatic carbocycles. The lowest BCUT2D eigenvalue weighted by molar-refractivity contribution is -0.133. The number of primary amides is 1. The van der Waals surface area contributed by atoms with Gasteiger partial charge in [0.15, 0.2) is 10.8 Å². The van der Waals surface area contributed by atoms with Gasteiger partial charge in [0.1, 0.15) is 6.04 Å². The fourth-order valence-electron chi connectivity index (χ4n) is 3.98. The molecule has 2 aliphatic rings. The Morgan fingerprint density at radius 2 is 2.10 bits per heavy atom. The van der Waals surface area contributed by atoms with Crippen molar-refractivity contribution in [3.63, 3.8) is 0 Å². The summed E-state index contributed by atoms with van der Waals surface area (Å²) in [6.45, 7) is -0.00741. The van der Waals surface area contributed by atoms with E-state index in [1.54, 1.807) is 23.6 Å². The number of nitrogens with zero attached hydrogens (tertiary/aromatic N) is 3. The second-order valence-electron chi connectivity index (χ2n) is 7.05. The van der Waals surface area contributed by atoms with Crippen molar-refractivity contribution in [2.45, 2.75) is 30.0 Å². The zero-order valence-corrected chi connectivity index (χ0v) is 17.4. The van der Waals surface area contributed by atoms with Crippen molar-refractivity contribution in [1.29, 1.82) is 0 Å². The number of Topliss-reactive ketones (excluding diaryl/α,β-unsaturated/α-hetero) is 1. The molecule has 1 radical (unpaired) electrons. The van der Waals surface area contributed by atoms with Gasteiger partial charge in [-0.15, -0.1) is 11.3 Å². The summed E-state index contributed by atoms with van der Waals surface area (Å²) < 4.78 is 27.0. The molecule has 2 unspecified atom stereocenters. The van der Waals surface area contributed by atoms with Crippen LogP contribution in [0.4, 0.5) is 0 Å². The van der Waals surface area contributed by atoms with Crippen LogP contribution in [-0.2, 0) is 26.0 Å². The SMILES string of the molecule is NC(=O)c1ccsc1C[CH]C(=O)N1CCC2C1C(=O)CN2S(=O)(=O)c1ccccn1. The van der Waals surface area contributed by atoms with Crippen molar-refractivity contribution in [1.82, 2.24) is 14.2 Å². The molecule has 4 rings (SSSR count). The number of aromatic nitrogens is 1. The topological polar surface area (TPSA) is 131 Å². The molecule has 0 aliphatic carbocycles. The molecule has 9 nitrogen and oxygen atoms in total. The lowest BCUT2D eigenvalue weighted by Gasteiger charge is -2.23. The summed E-state index contributed by atoms with van der Waals surface area (Å²) in [6.07, 6.45) is 3.37. The lowest BCUT2D eigenvalue weighted by Crippen LogP contribution is -2.43. The summed E-state index contributed by atoms with van der Waals surface area (Å²) in [5, 5.41) is 1.60. The standard InChI is InChI=1S/C19H19N4O5S2/c20-19(26)12-7-10-29-15(12)4-5-17(25)22-9-6-13-18(22)14(24)11-23(13)30(27,28)16-3-1-2-8-21-16/h1-3,5,7-8,10,13,18H,4,6,9,11H2,(H2,20,26). The number of carbonyl (C=O) groups excluding carboxylic acids is 3. The number of fused-ring (bicyclic) bond motifs is 1. The number of amides is 2. The van der Waals surface area contributed by atoms with Crippen LogP contribution >= 0.6 is 11.3 Å². The number of ketones is 1. The smallest absolute Gasteiger partial charge is 0.261 e. The average Bonchev–Trinajstić information content (AvgIpc) is 3.43. The maximum Gasteiger partial charge on any atom is 0.261 e. The number of likely N-dealkylation sites (tertiary alicyclic amines) is 1. The largest absolute Gasteiger partial charge is 0.366 e. The third-order valence-corrected chi connectivity index (χ3v) is 8.07. The first kappa shape index (κ1) is 20.6. The zero-order valence-electron chi connectivity index (χ0n) is 15.8. The van der Waals surface area contributed by atoms with E-state index in [4.69, 9.17) is 5.73 Å². The predicted octanol–water partition coefficient (Wildman–Crippen LogP) is 0.232. The maximum atomic E-state index is 12.9. The molecular weight excluding hydrogens is 428 g/mol. The van der Waals surface area contributed by atoms with Crippen molar-refractivity contribution in [2.75, 3.05) is 13.1 Å². The number of sulfonamides is 1. The molecule has 2 saturated heterocycles. The fraction of sp³-hybridized carbons (Fsp3) is 0.316. The molecule has 0 saturated carbocycles. The highest BCUT2D eigenvalue weighted by atomic mass is 32.2. The van der Waals surface area contributed by atoms with Crippen LogP contribution in [0.1, 0.15) is 21.7 Å². The Morgan fingerprint density at radius 1 is 1.30 bits per heavy atom. The van der Waals surface area contributed by atoms with Crippen LogP contribution in [0.5, 0.6) is 0 Å². The summed E-state index contributed by atoms with van der Waals surface area (Å²) in [4.78, 5) is 42.8. The summed E-state index contributed by atoms with van der Waals surface area (Å²) >= 11 is 1.32. The third-order valence-electron chi connectivity index (χ3n) is 5.34. The van der Waals surface area contributed by atoms with Gasteiger partial charge >= 0.3 is 0 Å².